The van der Waals surface area contributed by atoms with E-state index in [1.54, 1.807) is 0 Å². The summed E-state index contributed by atoms with van der Waals surface area (Å²) in [5.74, 6) is 1.28. The fourth-order valence-corrected chi connectivity index (χ4v) is 5.11. The molecule has 3 aliphatic rings. The van der Waals surface area contributed by atoms with Crippen LogP contribution < -0.4 is 4.90 Å². The summed E-state index contributed by atoms with van der Waals surface area (Å²) in [4.78, 5) is 19.5. The standard InChI is InChI=1S/C24H37N3O2/c1-19(2)23-17-29-18-25(15-21-8-11-24(28)27(23)16-21)14-20-6-9-22(10-7-20)26-12-4-3-5-13-26/h6-7,9-10,19,21,23H,3-5,8,11-18H2,1-2H3/t21-,23?/m1/s1. The molecule has 1 aromatic rings. The largest absolute Gasteiger partial charge is 0.372 e. The second-order valence-corrected chi connectivity index (χ2v) is 9.49. The van der Waals surface area contributed by atoms with Crippen LogP contribution in [-0.2, 0) is 16.1 Å². The molecule has 0 radical (unpaired) electrons. The molecule has 3 fully saturated rings. The minimum absolute atomic E-state index is 0.203. The van der Waals surface area contributed by atoms with E-state index in [-0.39, 0.29) is 6.04 Å². The summed E-state index contributed by atoms with van der Waals surface area (Å²) in [7, 11) is 0. The van der Waals surface area contributed by atoms with Crippen molar-refractivity contribution in [2.24, 2.45) is 11.8 Å². The molecule has 3 heterocycles. The van der Waals surface area contributed by atoms with Crippen molar-refractivity contribution in [1.82, 2.24) is 9.80 Å². The van der Waals surface area contributed by atoms with Crippen molar-refractivity contribution in [3.8, 4) is 0 Å². The number of benzene rings is 1. The second-order valence-electron chi connectivity index (χ2n) is 9.49. The first-order valence-electron chi connectivity index (χ1n) is 11.5. The highest BCUT2D eigenvalue weighted by Crippen LogP contribution is 2.26. The Bertz CT molecular complexity index is 669. The third-order valence-electron chi connectivity index (χ3n) is 6.85. The number of ether oxygens (including phenoxy) is 1. The smallest absolute Gasteiger partial charge is 0.222 e. The van der Waals surface area contributed by atoms with Gasteiger partial charge in [0, 0.05) is 44.8 Å². The lowest BCUT2D eigenvalue weighted by molar-refractivity contribution is -0.139. The molecule has 3 saturated heterocycles. The van der Waals surface area contributed by atoms with Gasteiger partial charge in [-0.1, -0.05) is 26.0 Å². The van der Waals surface area contributed by atoms with Gasteiger partial charge in [-0.05, 0) is 55.2 Å². The van der Waals surface area contributed by atoms with Crippen LogP contribution in [0.3, 0.4) is 0 Å². The van der Waals surface area contributed by atoms with E-state index in [1.807, 2.05) is 0 Å². The second kappa shape index (κ2) is 9.48. The van der Waals surface area contributed by atoms with Crippen molar-refractivity contribution in [2.75, 3.05) is 44.4 Å². The highest BCUT2D eigenvalue weighted by molar-refractivity contribution is 5.77. The molecule has 5 heteroatoms. The molecule has 1 unspecified atom stereocenters. The van der Waals surface area contributed by atoms with E-state index in [9.17, 15) is 4.79 Å². The number of fused-ring (bicyclic) bond motifs is 2. The number of rotatable bonds is 4. The predicted octanol–water partition coefficient (Wildman–Crippen LogP) is 3.73. The fraction of sp³-hybridized carbons (Fsp3) is 0.708. The fourth-order valence-electron chi connectivity index (χ4n) is 5.11. The Labute approximate surface area is 176 Å². The minimum atomic E-state index is 0.203. The van der Waals surface area contributed by atoms with E-state index in [0.29, 0.717) is 37.5 Å². The lowest BCUT2D eigenvalue weighted by Gasteiger charge is -2.39. The summed E-state index contributed by atoms with van der Waals surface area (Å²) < 4.78 is 6.11. The van der Waals surface area contributed by atoms with E-state index in [2.05, 4.69) is 52.8 Å². The zero-order valence-electron chi connectivity index (χ0n) is 18.2. The summed E-state index contributed by atoms with van der Waals surface area (Å²) in [6.07, 6.45) is 5.68. The van der Waals surface area contributed by atoms with Crippen LogP contribution in [0.15, 0.2) is 24.3 Å². The van der Waals surface area contributed by atoms with Gasteiger partial charge in [0.2, 0.25) is 5.91 Å². The Hall–Kier alpha value is -1.59. The van der Waals surface area contributed by atoms with Crippen molar-refractivity contribution < 1.29 is 9.53 Å². The van der Waals surface area contributed by atoms with Gasteiger partial charge < -0.3 is 14.5 Å². The van der Waals surface area contributed by atoms with Gasteiger partial charge in [-0.15, -0.1) is 0 Å². The lowest BCUT2D eigenvalue weighted by atomic mass is 9.93. The van der Waals surface area contributed by atoms with Crippen LogP contribution in [0.5, 0.6) is 0 Å². The van der Waals surface area contributed by atoms with Crippen molar-refractivity contribution in [3.63, 3.8) is 0 Å². The SMILES string of the molecule is CC(C)C1COCN(Cc2ccc(N3CCCCC3)cc2)C[C@H]2CCC(=O)N1C2. The van der Waals surface area contributed by atoms with Gasteiger partial charge in [0.05, 0.1) is 19.4 Å². The third-order valence-corrected chi connectivity index (χ3v) is 6.85. The van der Waals surface area contributed by atoms with Crippen molar-refractivity contribution >= 4 is 11.6 Å². The number of piperidine rings is 2. The molecule has 160 valence electrons. The number of nitrogens with zero attached hydrogens (tertiary/aromatic N) is 3. The van der Waals surface area contributed by atoms with Gasteiger partial charge in [0.1, 0.15) is 0 Å². The summed E-state index contributed by atoms with van der Waals surface area (Å²) >= 11 is 0. The molecule has 29 heavy (non-hydrogen) atoms. The molecule has 2 bridgehead atoms. The van der Waals surface area contributed by atoms with E-state index in [0.717, 1.165) is 26.1 Å². The van der Waals surface area contributed by atoms with Crippen LogP contribution in [0.4, 0.5) is 5.69 Å². The summed E-state index contributed by atoms with van der Waals surface area (Å²) in [5, 5.41) is 0. The van der Waals surface area contributed by atoms with Gasteiger partial charge in [0.25, 0.3) is 0 Å². The molecule has 5 nitrogen and oxygen atoms in total. The molecule has 2 atom stereocenters. The topological polar surface area (TPSA) is 36.0 Å². The number of hydrogen-bond acceptors (Lipinski definition) is 4. The molecular weight excluding hydrogens is 362 g/mol. The maximum absolute atomic E-state index is 12.5. The molecule has 0 spiro atoms. The normalized spacial score (nSPS) is 26.9. The maximum Gasteiger partial charge on any atom is 0.222 e. The molecule has 1 aromatic carbocycles. The van der Waals surface area contributed by atoms with Crippen LogP contribution in [0.2, 0.25) is 0 Å². The van der Waals surface area contributed by atoms with E-state index in [1.165, 1.54) is 43.6 Å². The van der Waals surface area contributed by atoms with Crippen LogP contribution in [-0.4, -0.2) is 61.3 Å². The monoisotopic (exact) mass is 399 g/mol. The first-order valence-corrected chi connectivity index (χ1v) is 11.5. The number of carbonyl (C=O) groups excluding carboxylic acids is 1. The predicted molar refractivity (Wildman–Crippen MR) is 117 cm³/mol. The molecule has 0 saturated carbocycles. The molecule has 4 rings (SSSR count). The molecule has 0 N–H and O–H groups in total. The Morgan fingerprint density at radius 3 is 2.55 bits per heavy atom. The quantitative estimate of drug-likeness (QED) is 0.773. The van der Waals surface area contributed by atoms with Gasteiger partial charge in [-0.3, -0.25) is 9.69 Å². The Morgan fingerprint density at radius 1 is 1.07 bits per heavy atom. The van der Waals surface area contributed by atoms with Crippen molar-refractivity contribution in [2.45, 2.75) is 58.5 Å². The third kappa shape index (κ3) is 5.13. The number of anilines is 1. The Morgan fingerprint density at radius 2 is 1.83 bits per heavy atom. The van der Waals surface area contributed by atoms with Crippen LogP contribution in [0, 0.1) is 11.8 Å². The Kier molecular flexibility index (Phi) is 6.76. The highest BCUT2D eigenvalue weighted by Gasteiger charge is 2.34. The maximum atomic E-state index is 12.5. The van der Waals surface area contributed by atoms with Crippen molar-refractivity contribution in [1.29, 1.82) is 0 Å². The van der Waals surface area contributed by atoms with Crippen molar-refractivity contribution in [3.05, 3.63) is 29.8 Å². The average Bonchev–Trinajstić information content (AvgIpc) is 2.80. The Balaban J connectivity index is 1.40. The van der Waals surface area contributed by atoms with Crippen LogP contribution in [0.1, 0.15) is 51.5 Å². The van der Waals surface area contributed by atoms with Crippen LogP contribution >= 0.6 is 0 Å². The van der Waals surface area contributed by atoms with E-state index >= 15 is 0 Å². The number of carbonyl (C=O) groups is 1. The molecule has 0 aliphatic carbocycles. The van der Waals surface area contributed by atoms with E-state index in [4.69, 9.17) is 4.74 Å². The average molecular weight is 400 g/mol. The number of amides is 1. The van der Waals surface area contributed by atoms with Gasteiger partial charge >= 0.3 is 0 Å². The first kappa shape index (κ1) is 20.7. The molecule has 3 aliphatic heterocycles. The lowest BCUT2D eigenvalue weighted by Crippen LogP contribution is -2.50. The zero-order valence-corrected chi connectivity index (χ0v) is 18.2. The van der Waals surface area contributed by atoms with Gasteiger partial charge in [0.15, 0.2) is 0 Å². The zero-order chi connectivity index (χ0) is 20.2. The summed E-state index contributed by atoms with van der Waals surface area (Å²) in [6.45, 7) is 10.9. The minimum Gasteiger partial charge on any atom is -0.372 e. The highest BCUT2D eigenvalue weighted by atomic mass is 16.5. The van der Waals surface area contributed by atoms with Gasteiger partial charge in [-0.2, -0.15) is 0 Å². The van der Waals surface area contributed by atoms with Gasteiger partial charge in [-0.25, -0.2) is 0 Å². The van der Waals surface area contributed by atoms with E-state index < -0.39 is 0 Å². The first-order chi connectivity index (χ1) is 14.1. The number of hydrogen-bond donors (Lipinski definition) is 0. The summed E-state index contributed by atoms with van der Waals surface area (Å²) in [6, 6.07) is 9.34. The van der Waals surface area contributed by atoms with Crippen LogP contribution in [0.25, 0.3) is 0 Å². The molecular formula is C24H37N3O2. The molecule has 0 aromatic heterocycles. The summed E-state index contributed by atoms with van der Waals surface area (Å²) in [5.41, 5.74) is 2.70. The molecule has 1 amide bonds.